The van der Waals surface area contributed by atoms with Gasteiger partial charge in [-0.1, -0.05) is 42.5 Å². The largest absolute Gasteiger partial charge is 0.493 e. The lowest BCUT2D eigenvalue weighted by molar-refractivity contribution is 0.357. The number of benzene rings is 3. The minimum atomic E-state index is 0.763. The van der Waals surface area contributed by atoms with E-state index in [2.05, 4.69) is 48.5 Å². The van der Waals surface area contributed by atoms with Crippen LogP contribution in [0.25, 0.3) is 31.3 Å². The fourth-order valence-electron chi connectivity index (χ4n) is 3.01. The van der Waals surface area contributed by atoms with Crippen molar-refractivity contribution in [3.8, 4) is 21.9 Å². The second-order valence-corrected chi connectivity index (χ2v) is 6.44. The molecule has 4 aromatic rings. The standard InChI is InChI=1S/C20H16O2S/c1-21-16-11-13-7-3-5-9-15(13)19(20(16)22-2)18-12-14-8-4-6-10-17(14)23-18/h3-12H,1-2H3. The smallest absolute Gasteiger partial charge is 0.169 e. The molecule has 1 aromatic heterocycles. The molecular weight excluding hydrogens is 304 g/mol. The van der Waals surface area contributed by atoms with Gasteiger partial charge < -0.3 is 9.47 Å². The Hall–Kier alpha value is -2.52. The molecule has 0 aliphatic heterocycles. The third-order valence-electron chi connectivity index (χ3n) is 4.06. The van der Waals surface area contributed by atoms with Crippen molar-refractivity contribution in [2.24, 2.45) is 0 Å². The zero-order valence-electron chi connectivity index (χ0n) is 13.0. The molecule has 0 amide bonds. The number of hydrogen-bond acceptors (Lipinski definition) is 3. The number of methoxy groups -OCH3 is 2. The second-order valence-electron chi connectivity index (χ2n) is 5.36. The van der Waals surface area contributed by atoms with Crippen molar-refractivity contribution < 1.29 is 9.47 Å². The van der Waals surface area contributed by atoms with Gasteiger partial charge in [0, 0.05) is 15.1 Å². The summed E-state index contributed by atoms with van der Waals surface area (Å²) in [6, 6.07) is 21.0. The summed E-state index contributed by atoms with van der Waals surface area (Å²) in [5.74, 6) is 1.55. The molecule has 0 atom stereocenters. The summed E-state index contributed by atoms with van der Waals surface area (Å²) in [6.45, 7) is 0. The Morgan fingerprint density at radius 2 is 1.52 bits per heavy atom. The van der Waals surface area contributed by atoms with Gasteiger partial charge in [-0.25, -0.2) is 0 Å². The summed E-state index contributed by atoms with van der Waals surface area (Å²) in [5, 5.41) is 3.58. The predicted molar refractivity (Wildman–Crippen MR) is 97.9 cm³/mol. The third kappa shape index (κ3) is 2.25. The maximum Gasteiger partial charge on any atom is 0.169 e. The third-order valence-corrected chi connectivity index (χ3v) is 5.20. The molecule has 0 radical (unpaired) electrons. The van der Waals surface area contributed by atoms with Crippen LogP contribution in [0.4, 0.5) is 0 Å². The number of hydrogen-bond donors (Lipinski definition) is 0. The molecule has 3 aromatic carbocycles. The predicted octanol–water partition coefficient (Wildman–Crippen LogP) is 5.74. The lowest BCUT2D eigenvalue weighted by atomic mass is 10.0. The van der Waals surface area contributed by atoms with Gasteiger partial charge in [-0.05, 0) is 34.4 Å². The lowest BCUT2D eigenvalue weighted by Gasteiger charge is -2.15. The van der Waals surface area contributed by atoms with E-state index in [0.717, 1.165) is 22.4 Å². The van der Waals surface area contributed by atoms with E-state index in [4.69, 9.17) is 9.47 Å². The van der Waals surface area contributed by atoms with Crippen LogP contribution in [-0.4, -0.2) is 14.2 Å². The average Bonchev–Trinajstić information content (AvgIpc) is 3.03. The van der Waals surface area contributed by atoms with Crippen LogP contribution in [0.1, 0.15) is 0 Å². The zero-order chi connectivity index (χ0) is 15.8. The van der Waals surface area contributed by atoms with Crippen LogP contribution < -0.4 is 9.47 Å². The van der Waals surface area contributed by atoms with Crippen LogP contribution >= 0.6 is 11.3 Å². The summed E-state index contributed by atoms with van der Waals surface area (Å²) < 4.78 is 12.5. The molecule has 2 nitrogen and oxygen atoms in total. The molecule has 23 heavy (non-hydrogen) atoms. The summed E-state index contributed by atoms with van der Waals surface area (Å²) in [6.07, 6.45) is 0. The molecule has 114 valence electrons. The Kier molecular flexibility index (Phi) is 3.43. The van der Waals surface area contributed by atoms with Crippen LogP contribution in [0.3, 0.4) is 0 Å². The molecule has 0 saturated heterocycles. The van der Waals surface area contributed by atoms with Gasteiger partial charge in [0.15, 0.2) is 11.5 Å². The number of fused-ring (bicyclic) bond motifs is 2. The molecular formula is C20H16O2S. The highest BCUT2D eigenvalue weighted by molar-refractivity contribution is 7.22. The molecule has 0 spiro atoms. The Bertz CT molecular complexity index is 968. The SMILES string of the molecule is COc1cc2ccccc2c(-c2cc3ccccc3s2)c1OC. The first-order valence-electron chi connectivity index (χ1n) is 7.44. The fraction of sp³-hybridized carbons (Fsp3) is 0.100. The van der Waals surface area contributed by atoms with E-state index < -0.39 is 0 Å². The molecule has 0 N–H and O–H groups in total. The highest BCUT2D eigenvalue weighted by atomic mass is 32.1. The van der Waals surface area contributed by atoms with Crippen molar-refractivity contribution in [2.45, 2.75) is 0 Å². The van der Waals surface area contributed by atoms with Gasteiger partial charge in [0.1, 0.15) is 0 Å². The lowest BCUT2D eigenvalue weighted by Crippen LogP contribution is -1.94. The number of thiophene rings is 1. The Morgan fingerprint density at radius 3 is 2.26 bits per heavy atom. The van der Waals surface area contributed by atoms with E-state index in [1.807, 2.05) is 12.1 Å². The number of ether oxygens (including phenoxy) is 2. The quantitative estimate of drug-likeness (QED) is 0.479. The summed E-state index contributed by atoms with van der Waals surface area (Å²) in [7, 11) is 3.38. The zero-order valence-corrected chi connectivity index (χ0v) is 13.8. The van der Waals surface area contributed by atoms with Crippen LogP contribution in [0.2, 0.25) is 0 Å². The van der Waals surface area contributed by atoms with E-state index in [1.165, 1.54) is 20.3 Å². The first kappa shape index (κ1) is 14.1. The van der Waals surface area contributed by atoms with Crippen molar-refractivity contribution >= 4 is 32.2 Å². The van der Waals surface area contributed by atoms with Gasteiger partial charge in [0.25, 0.3) is 0 Å². The van der Waals surface area contributed by atoms with Gasteiger partial charge in [0.05, 0.1) is 14.2 Å². The molecule has 0 bridgehead atoms. The first-order chi connectivity index (χ1) is 11.3. The van der Waals surface area contributed by atoms with E-state index in [0.29, 0.717) is 0 Å². The normalized spacial score (nSPS) is 11.0. The Morgan fingerprint density at radius 1 is 0.783 bits per heavy atom. The molecule has 0 fully saturated rings. The second kappa shape index (κ2) is 5.60. The summed E-state index contributed by atoms with van der Waals surface area (Å²) in [4.78, 5) is 1.19. The van der Waals surface area contributed by atoms with Crippen molar-refractivity contribution in [2.75, 3.05) is 14.2 Å². The van der Waals surface area contributed by atoms with Crippen LogP contribution in [0.5, 0.6) is 11.5 Å². The van der Waals surface area contributed by atoms with Gasteiger partial charge in [-0.15, -0.1) is 11.3 Å². The van der Waals surface area contributed by atoms with Gasteiger partial charge in [-0.3, -0.25) is 0 Å². The van der Waals surface area contributed by atoms with Crippen molar-refractivity contribution in [1.29, 1.82) is 0 Å². The average molecular weight is 320 g/mol. The molecule has 1 heterocycles. The molecule has 3 heteroatoms. The highest BCUT2D eigenvalue weighted by Gasteiger charge is 2.18. The van der Waals surface area contributed by atoms with Gasteiger partial charge >= 0.3 is 0 Å². The summed E-state index contributed by atoms with van der Waals surface area (Å²) in [5.41, 5.74) is 1.10. The topological polar surface area (TPSA) is 18.5 Å². The van der Waals surface area contributed by atoms with Gasteiger partial charge in [-0.2, -0.15) is 0 Å². The Balaban J connectivity index is 2.11. The molecule has 0 saturated carbocycles. The van der Waals surface area contributed by atoms with Crippen LogP contribution in [0, 0.1) is 0 Å². The number of rotatable bonds is 3. The molecule has 0 unspecified atom stereocenters. The molecule has 0 aliphatic carbocycles. The van der Waals surface area contributed by atoms with Gasteiger partial charge in [0.2, 0.25) is 0 Å². The minimum absolute atomic E-state index is 0.763. The Labute approximate surface area is 138 Å². The molecule has 4 rings (SSSR count). The van der Waals surface area contributed by atoms with E-state index in [-0.39, 0.29) is 0 Å². The van der Waals surface area contributed by atoms with Crippen LogP contribution in [-0.2, 0) is 0 Å². The first-order valence-corrected chi connectivity index (χ1v) is 8.26. The van der Waals surface area contributed by atoms with Crippen LogP contribution in [0.15, 0.2) is 60.7 Å². The highest BCUT2D eigenvalue weighted by Crippen LogP contribution is 2.47. The van der Waals surface area contributed by atoms with Crippen molar-refractivity contribution in [3.05, 3.63) is 60.7 Å². The van der Waals surface area contributed by atoms with Crippen molar-refractivity contribution in [1.82, 2.24) is 0 Å². The monoisotopic (exact) mass is 320 g/mol. The molecule has 0 aliphatic rings. The minimum Gasteiger partial charge on any atom is -0.493 e. The van der Waals surface area contributed by atoms with Crippen molar-refractivity contribution in [3.63, 3.8) is 0 Å². The van der Waals surface area contributed by atoms with E-state index >= 15 is 0 Å². The van der Waals surface area contributed by atoms with E-state index in [1.54, 1.807) is 25.6 Å². The fourth-order valence-corrected chi connectivity index (χ4v) is 4.13. The van der Waals surface area contributed by atoms with E-state index in [9.17, 15) is 0 Å². The summed E-state index contributed by atoms with van der Waals surface area (Å²) >= 11 is 1.78. The maximum absolute atomic E-state index is 5.71. The maximum atomic E-state index is 5.71.